The monoisotopic (exact) mass is 271 g/mol. The average Bonchev–Trinajstić information content (AvgIpc) is 2.83. The minimum Gasteiger partial charge on any atom is -0.310 e. The van der Waals surface area contributed by atoms with E-state index in [4.69, 9.17) is 0 Å². The summed E-state index contributed by atoms with van der Waals surface area (Å²) in [5.41, 5.74) is -0.176. The van der Waals surface area contributed by atoms with Gasteiger partial charge < -0.3 is 5.32 Å². The highest BCUT2D eigenvalue weighted by molar-refractivity contribution is 5.29. The Morgan fingerprint density at radius 1 is 1.21 bits per heavy atom. The maximum atomic E-state index is 12.9. The number of alkyl halides is 3. The molecule has 1 fully saturated rings. The molecule has 1 nitrogen and oxygen atoms in total. The van der Waals surface area contributed by atoms with Gasteiger partial charge in [0.2, 0.25) is 0 Å². The van der Waals surface area contributed by atoms with Crippen molar-refractivity contribution in [2.24, 2.45) is 5.92 Å². The zero-order valence-corrected chi connectivity index (χ0v) is 11.1. The van der Waals surface area contributed by atoms with Crippen LogP contribution in [0.1, 0.15) is 43.7 Å². The van der Waals surface area contributed by atoms with E-state index in [0.29, 0.717) is 24.1 Å². The fraction of sp³-hybridized carbons (Fsp3) is 0.600. The summed E-state index contributed by atoms with van der Waals surface area (Å²) in [5, 5.41) is 3.31. The van der Waals surface area contributed by atoms with Crippen LogP contribution in [0.25, 0.3) is 0 Å². The largest absolute Gasteiger partial charge is 0.416 e. The third-order valence-electron chi connectivity index (χ3n) is 4.06. The van der Waals surface area contributed by atoms with Crippen molar-refractivity contribution in [2.75, 3.05) is 0 Å². The SMILES string of the molecule is CCC1CCCC1NCc1ccccc1C(F)(F)F. The van der Waals surface area contributed by atoms with Gasteiger partial charge in [0.1, 0.15) is 0 Å². The van der Waals surface area contributed by atoms with Crippen molar-refractivity contribution in [1.29, 1.82) is 0 Å². The van der Waals surface area contributed by atoms with E-state index >= 15 is 0 Å². The molecule has 0 radical (unpaired) electrons. The summed E-state index contributed by atoms with van der Waals surface area (Å²) in [6.07, 6.45) is 0.273. The fourth-order valence-electron chi connectivity index (χ4n) is 2.99. The van der Waals surface area contributed by atoms with Gasteiger partial charge in [-0.15, -0.1) is 0 Å². The number of hydrogen-bond donors (Lipinski definition) is 1. The van der Waals surface area contributed by atoms with E-state index in [0.717, 1.165) is 18.9 Å². The van der Waals surface area contributed by atoms with E-state index in [1.807, 2.05) is 0 Å². The molecule has 2 atom stereocenters. The second-order valence-electron chi connectivity index (χ2n) is 5.24. The number of hydrogen-bond acceptors (Lipinski definition) is 1. The van der Waals surface area contributed by atoms with Crippen LogP contribution in [0.15, 0.2) is 24.3 Å². The molecular weight excluding hydrogens is 251 g/mol. The molecule has 2 unspecified atom stereocenters. The van der Waals surface area contributed by atoms with Crippen LogP contribution in [0.4, 0.5) is 13.2 Å². The van der Waals surface area contributed by atoms with Gasteiger partial charge in [-0.1, -0.05) is 38.0 Å². The minimum atomic E-state index is -4.27. The molecule has 0 amide bonds. The van der Waals surface area contributed by atoms with Crippen LogP contribution in [-0.2, 0) is 12.7 Å². The fourth-order valence-corrected chi connectivity index (χ4v) is 2.99. The lowest BCUT2D eigenvalue weighted by Gasteiger charge is -2.21. The zero-order chi connectivity index (χ0) is 13.9. The van der Waals surface area contributed by atoms with E-state index in [1.165, 1.54) is 18.9 Å². The van der Waals surface area contributed by atoms with Crippen LogP contribution in [-0.4, -0.2) is 6.04 Å². The first-order valence-electron chi connectivity index (χ1n) is 6.91. The molecule has 1 aliphatic carbocycles. The van der Waals surface area contributed by atoms with Gasteiger partial charge in [-0.25, -0.2) is 0 Å². The Morgan fingerprint density at radius 2 is 1.95 bits per heavy atom. The van der Waals surface area contributed by atoms with Crippen LogP contribution in [0.2, 0.25) is 0 Å². The Balaban J connectivity index is 2.04. The predicted molar refractivity (Wildman–Crippen MR) is 69.7 cm³/mol. The van der Waals surface area contributed by atoms with E-state index in [2.05, 4.69) is 12.2 Å². The Morgan fingerprint density at radius 3 is 2.63 bits per heavy atom. The lowest BCUT2D eigenvalue weighted by molar-refractivity contribution is -0.138. The number of rotatable bonds is 4. The molecule has 0 saturated heterocycles. The molecule has 19 heavy (non-hydrogen) atoms. The van der Waals surface area contributed by atoms with Crippen LogP contribution in [0.5, 0.6) is 0 Å². The molecular formula is C15H20F3N. The van der Waals surface area contributed by atoms with Gasteiger partial charge >= 0.3 is 6.18 Å². The molecule has 1 aromatic rings. The van der Waals surface area contributed by atoms with Gasteiger partial charge in [0.05, 0.1) is 5.56 Å². The van der Waals surface area contributed by atoms with E-state index in [-0.39, 0.29) is 0 Å². The van der Waals surface area contributed by atoms with Gasteiger partial charge in [0.15, 0.2) is 0 Å². The third kappa shape index (κ3) is 3.50. The van der Waals surface area contributed by atoms with E-state index in [1.54, 1.807) is 12.1 Å². The topological polar surface area (TPSA) is 12.0 Å². The third-order valence-corrected chi connectivity index (χ3v) is 4.06. The molecule has 0 aromatic heterocycles. The quantitative estimate of drug-likeness (QED) is 0.857. The van der Waals surface area contributed by atoms with Gasteiger partial charge in [-0.2, -0.15) is 13.2 Å². The Hall–Kier alpha value is -1.03. The summed E-state index contributed by atoms with van der Waals surface area (Å²) >= 11 is 0. The van der Waals surface area contributed by atoms with Crippen molar-refractivity contribution in [3.8, 4) is 0 Å². The summed E-state index contributed by atoms with van der Waals surface area (Å²) in [6.45, 7) is 2.45. The van der Waals surface area contributed by atoms with Crippen molar-refractivity contribution < 1.29 is 13.2 Å². The van der Waals surface area contributed by atoms with E-state index < -0.39 is 11.7 Å². The Labute approximate surface area is 112 Å². The highest BCUT2D eigenvalue weighted by atomic mass is 19.4. The van der Waals surface area contributed by atoms with Crippen LogP contribution >= 0.6 is 0 Å². The summed E-state index contributed by atoms with van der Waals surface area (Å²) in [6, 6.07) is 6.19. The lowest BCUT2D eigenvalue weighted by atomic mass is 10.00. The zero-order valence-electron chi connectivity index (χ0n) is 11.1. The summed E-state index contributed by atoms with van der Waals surface area (Å²) in [5.74, 6) is 0.609. The molecule has 1 N–H and O–H groups in total. The van der Waals surface area contributed by atoms with Gasteiger partial charge in [0.25, 0.3) is 0 Å². The normalized spacial score (nSPS) is 23.8. The summed E-state index contributed by atoms with van der Waals surface area (Å²) in [4.78, 5) is 0. The highest BCUT2D eigenvalue weighted by Gasteiger charge is 2.33. The second-order valence-corrected chi connectivity index (χ2v) is 5.24. The molecule has 1 aliphatic rings. The van der Waals surface area contributed by atoms with Gasteiger partial charge in [-0.3, -0.25) is 0 Å². The van der Waals surface area contributed by atoms with E-state index in [9.17, 15) is 13.2 Å². The second kappa shape index (κ2) is 5.95. The number of nitrogens with one attached hydrogen (secondary N) is 1. The smallest absolute Gasteiger partial charge is 0.310 e. The van der Waals surface area contributed by atoms with Gasteiger partial charge in [-0.05, 0) is 30.4 Å². The predicted octanol–water partition coefficient (Wildman–Crippen LogP) is 4.37. The average molecular weight is 271 g/mol. The molecule has 0 aliphatic heterocycles. The summed E-state index contributed by atoms with van der Waals surface area (Å²) in [7, 11) is 0. The molecule has 1 aromatic carbocycles. The first-order valence-corrected chi connectivity index (χ1v) is 6.91. The Kier molecular flexibility index (Phi) is 4.50. The molecule has 0 spiro atoms. The standard InChI is InChI=1S/C15H20F3N/c1-2-11-7-5-9-14(11)19-10-12-6-3-4-8-13(12)15(16,17)18/h3-4,6,8,11,14,19H,2,5,7,9-10H2,1H3. The minimum absolute atomic E-state index is 0.302. The van der Waals surface area contributed by atoms with Crippen molar-refractivity contribution in [2.45, 2.75) is 51.4 Å². The maximum absolute atomic E-state index is 12.9. The molecule has 0 bridgehead atoms. The van der Waals surface area contributed by atoms with Crippen molar-refractivity contribution in [3.05, 3.63) is 35.4 Å². The Bertz CT molecular complexity index is 414. The first kappa shape index (κ1) is 14.4. The summed E-state index contributed by atoms with van der Waals surface area (Å²) < 4.78 is 38.6. The molecule has 106 valence electrons. The molecule has 0 heterocycles. The van der Waals surface area contributed by atoms with Crippen molar-refractivity contribution in [3.63, 3.8) is 0 Å². The van der Waals surface area contributed by atoms with Gasteiger partial charge in [0, 0.05) is 12.6 Å². The maximum Gasteiger partial charge on any atom is 0.416 e. The van der Waals surface area contributed by atoms with Crippen LogP contribution < -0.4 is 5.32 Å². The van der Waals surface area contributed by atoms with Crippen molar-refractivity contribution in [1.82, 2.24) is 5.32 Å². The highest BCUT2D eigenvalue weighted by Crippen LogP contribution is 2.33. The van der Waals surface area contributed by atoms with Crippen molar-refractivity contribution >= 4 is 0 Å². The molecule has 4 heteroatoms. The number of halogens is 3. The van der Waals surface area contributed by atoms with Crippen LogP contribution in [0, 0.1) is 5.92 Å². The number of benzene rings is 1. The molecule has 2 rings (SSSR count). The lowest BCUT2D eigenvalue weighted by Crippen LogP contribution is -2.32. The molecule has 1 saturated carbocycles. The first-order chi connectivity index (χ1) is 9.02. The van der Waals surface area contributed by atoms with Crippen LogP contribution in [0.3, 0.4) is 0 Å².